The first-order valence-electron chi connectivity index (χ1n) is 10.7. The second kappa shape index (κ2) is 7.58. The maximum atomic E-state index is 13.8. The van der Waals surface area contributed by atoms with Gasteiger partial charge in [-0.3, -0.25) is 14.7 Å². The van der Waals surface area contributed by atoms with Crippen LogP contribution in [0.25, 0.3) is 11.1 Å². The van der Waals surface area contributed by atoms with Crippen molar-refractivity contribution in [3.63, 3.8) is 0 Å². The van der Waals surface area contributed by atoms with Gasteiger partial charge in [-0.15, -0.1) is 0 Å². The Kier molecular flexibility index (Phi) is 4.74. The number of rotatable bonds is 6. The van der Waals surface area contributed by atoms with Crippen molar-refractivity contribution in [2.24, 2.45) is 5.92 Å². The van der Waals surface area contributed by atoms with Crippen LogP contribution >= 0.6 is 0 Å². The van der Waals surface area contributed by atoms with Crippen LogP contribution in [0.2, 0.25) is 0 Å². The van der Waals surface area contributed by atoms with Crippen LogP contribution in [0.15, 0.2) is 85.5 Å². The molecule has 0 bridgehead atoms. The molecule has 156 valence electrons. The number of aromatic nitrogens is 1. The zero-order valence-corrected chi connectivity index (χ0v) is 17.3. The highest BCUT2D eigenvalue weighted by atomic mass is 16.3. The molecule has 1 aromatic heterocycles. The number of amides is 1. The van der Waals surface area contributed by atoms with Crippen molar-refractivity contribution in [1.29, 1.82) is 0 Å². The third kappa shape index (κ3) is 3.46. The van der Waals surface area contributed by atoms with Gasteiger partial charge in [-0.25, -0.2) is 0 Å². The van der Waals surface area contributed by atoms with E-state index in [0.717, 1.165) is 41.5 Å². The molecule has 2 heterocycles. The van der Waals surface area contributed by atoms with Crippen LogP contribution in [0.3, 0.4) is 0 Å². The van der Waals surface area contributed by atoms with E-state index in [9.17, 15) is 9.90 Å². The molecule has 1 unspecified atom stereocenters. The molecule has 1 saturated heterocycles. The van der Waals surface area contributed by atoms with E-state index in [1.807, 2.05) is 42.5 Å². The fourth-order valence-corrected chi connectivity index (χ4v) is 4.56. The van der Waals surface area contributed by atoms with Crippen LogP contribution in [-0.4, -0.2) is 27.4 Å². The Morgan fingerprint density at radius 3 is 2.48 bits per heavy atom. The minimum atomic E-state index is -0.776. The van der Waals surface area contributed by atoms with Crippen LogP contribution in [0, 0.1) is 5.92 Å². The van der Waals surface area contributed by atoms with E-state index in [0.29, 0.717) is 12.4 Å². The van der Waals surface area contributed by atoms with Gasteiger partial charge in [-0.05, 0) is 77.8 Å². The number of hydrogen-bond donors (Lipinski definition) is 2. The molecule has 31 heavy (non-hydrogen) atoms. The number of hydrogen-bond acceptors (Lipinski definition) is 4. The highest BCUT2D eigenvalue weighted by Gasteiger charge is 2.58. The minimum absolute atomic E-state index is 0.0714. The van der Waals surface area contributed by atoms with Crippen LogP contribution < -0.4 is 5.32 Å². The number of benzene rings is 2. The van der Waals surface area contributed by atoms with Gasteiger partial charge in [0.25, 0.3) is 5.91 Å². The number of carbonyl (C=O) groups is 1. The van der Waals surface area contributed by atoms with Gasteiger partial charge in [0, 0.05) is 18.9 Å². The van der Waals surface area contributed by atoms with E-state index in [1.54, 1.807) is 29.4 Å². The Bertz CT molecular complexity index is 1140. The number of pyridine rings is 1. The molecule has 1 amide bonds. The predicted octanol–water partition coefficient (Wildman–Crippen LogP) is 4.21. The summed E-state index contributed by atoms with van der Waals surface area (Å²) in [6.07, 6.45) is 6.32. The topological polar surface area (TPSA) is 65.5 Å². The summed E-state index contributed by atoms with van der Waals surface area (Å²) in [6.45, 7) is 4.75. The average Bonchev–Trinajstić information content (AvgIpc) is 3.60. The van der Waals surface area contributed by atoms with Crippen LogP contribution in [0.4, 0.5) is 0 Å². The Morgan fingerprint density at radius 2 is 1.77 bits per heavy atom. The third-order valence-electron chi connectivity index (χ3n) is 6.31. The van der Waals surface area contributed by atoms with E-state index >= 15 is 0 Å². The molecule has 5 nitrogen and oxygen atoms in total. The molecule has 2 aliphatic rings. The lowest BCUT2D eigenvalue weighted by Gasteiger charge is -2.28. The van der Waals surface area contributed by atoms with Crippen LogP contribution in [0.1, 0.15) is 24.0 Å². The molecule has 1 aliphatic heterocycles. The highest BCUT2D eigenvalue weighted by Crippen LogP contribution is 2.50. The van der Waals surface area contributed by atoms with Gasteiger partial charge in [0.2, 0.25) is 0 Å². The number of phenolic OH excluding ortho intramolecular Hbond substituents is 1. The summed E-state index contributed by atoms with van der Waals surface area (Å²) in [4.78, 5) is 19.6. The van der Waals surface area contributed by atoms with E-state index in [2.05, 4.69) is 22.9 Å². The van der Waals surface area contributed by atoms with Gasteiger partial charge in [0.15, 0.2) is 0 Å². The Balaban J connectivity index is 1.47. The van der Waals surface area contributed by atoms with Gasteiger partial charge >= 0.3 is 0 Å². The molecule has 2 aromatic carbocycles. The Labute approximate surface area is 182 Å². The maximum absolute atomic E-state index is 13.8. The molecule has 1 atom stereocenters. The highest BCUT2D eigenvalue weighted by molar-refractivity contribution is 5.93. The van der Waals surface area contributed by atoms with Crippen molar-refractivity contribution in [1.82, 2.24) is 15.2 Å². The summed E-state index contributed by atoms with van der Waals surface area (Å²) in [5.41, 5.74) is 3.22. The van der Waals surface area contributed by atoms with Crippen molar-refractivity contribution in [2.75, 3.05) is 6.54 Å². The predicted molar refractivity (Wildman–Crippen MR) is 120 cm³/mol. The van der Waals surface area contributed by atoms with E-state index in [1.165, 1.54) is 0 Å². The molecule has 1 aliphatic carbocycles. The second-order valence-electron chi connectivity index (χ2n) is 8.35. The molecular formula is C26H25N3O2. The van der Waals surface area contributed by atoms with Crippen molar-refractivity contribution in [3.8, 4) is 16.9 Å². The molecule has 2 N–H and O–H groups in total. The molecular weight excluding hydrogens is 386 g/mol. The molecule has 0 spiro atoms. The summed E-state index contributed by atoms with van der Waals surface area (Å²) >= 11 is 0. The largest absolute Gasteiger partial charge is 0.508 e. The fraction of sp³-hybridized carbons (Fsp3) is 0.231. The number of nitrogens with zero attached hydrogens (tertiary/aromatic N) is 2. The molecule has 5 rings (SSSR count). The average molecular weight is 412 g/mol. The SMILES string of the molecule is C=C1NC(c2cccc(-c3cccc(O)c3)c2)(C2CC2)C(=O)N1CCc1ccncc1. The van der Waals surface area contributed by atoms with E-state index in [4.69, 9.17) is 0 Å². The molecule has 5 heteroatoms. The zero-order valence-electron chi connectivity index (χ0n) is 17.3. The normalized spacial score (nSPS) is 20.7. The van der Waals surface area contributed by atoms with Gasteiger partial charge in [0.05, 0.1) is 0 Å². The zero-order chi connectivity index (χ0) is 21.4. The maximum Gasteiger partial charge on any atom is 0.258 e. The lowest BCUT2D eigenvalue weighted by Crippen LogP contribution is -2.46. The third-order valence-corrected chi connectivity index (χ3v) is 6.31. The Hall–Kier alpha value is -3.60. The Morgan fingerprint density at radius 1 is 1.06 bits per heavy atom. The lowest BCUT2D eigenvalue weighted by molar-refractivity contribution is -0.132. The van der Waals surface area contributed by atoms with Gasteiger partial charge in [0.1, 0.15) is 17.1 Å². The summed E-state index contributed by atoms with van der Waals surface area (Å²) in [5, 5.41) is 13.4. The standard InChI is InChI=1S/C26H25N3O2/c1-18-28-26(22-8-9-22,25(31)29(18)15-12-19-10-13-27-14-11-19)23-6-2-4-20(16-23)21-5-3-7-24(30)17-21/h2-7,10-11,13-14,16-17,22,28,30H,1,8-9,12,15H2. The van der Waals surface area contributed by atoms with E-state index < -0.39 is 5.54 Å². The monoisotopic (exact) mass is 411 g/mol. The number of phenols is 1. The quantitative estimate of drug-likeness (QED) is 0.638. The molecule has 1 saturated carbocycles. The second-order valence-corrected chi connectivity index (χ2v) is 8.35. The molecule has 2 fully saturated rings. The van der Waals surface area contributed by atoms with Gasteiger partial charge in [-0.1, -0.05) is 36.9 Å². The summed E-state index contributed by atoms with van der Waals surface area (Å²) in [5.74, 6) is 1.21. The lowest BCUT2D eigenvalue weighted by atomic mass is 9.83. The van der Waals surface area contributed by atoms with Crippen molar-refractivity contribution in [2.45, 2.75) is 24.8 Å². The number of aromatic hydroxyl groups is 1. The van der Waals surface area contributed by atoms with Crippen LogP contribution in [0.5, 0.6) is 5.75 Å². The summed E-state index contributed by atoms with van der Waals surface area (Å²) < 4.78 is 0. The first kappa shape index (κ1) is 19.4. The smallest absolute Gasteiger partial charge is 0.258 e. The minimum Gasteiger partial charge on any atom is -0.508 e. The summed E-state index contributed by atoms with van der Waals surface area (Å²) in [7, 11) is 0. The van der Waals surface area contributed by atoms with Gasteiger partial charge in [-0.2, -0.15) is 0 Å². The van der Waals surface area contributed by atoms with Crippen molar-refractivity contribution in [3.05, 3.63) is 96.6 Å². The van der Waals surface area contributed by atoms with Crippen molar-refractivity contribution < 1.29 is 9.90 Å². The van der Waals surface area contributed by atoms with Crippen molar-refractivity contribution >= 4 is 5.91 Å². The van der Waals surface area contributed by atoms with Gasteiger partial charge < -0.3 is 10.4 Å². The molecule has 0 radical (unpaired) electrons. The van der Waals surface area contributed by atoms with E-state index in [-0.39, 0.29) is 17.6 Å². The fourth-order valence-electron chi connectivity index (χ4n) is 4.56. The number of carbonyl (C=O) groups excluding carboxylic acids is 1. The number of nitrogens with one attached hydrogen (secondary N) is 1. The summed E-state index contributed by atoms with van der Waals surface area (Å²) in [6, 6.07) is 19.2. The first-order valence-corrected chi connectivity index (χ1v) is 10.7. The molecule has 3 aromatic rings. The first-order chi connectivity index (χ1) is 15.1. The van der Waals surface area contributed by atoms with Crippen LogP contribution in [-0.2, 0) is 16.8 Å².